The minimum absolute atomic E-state index is 0.0496. The van der Waals surface area contributed by atoms with Gasteiger partial charge in [-0.3, -0.25) is 10.1 Å². The lowest BCUT2D eigenvalue weighted by Gasteiger charge is -2.10. The van der Waals surface area contributed by atoms with Crippen LogP contribution in [-0.2, 0) is 6.42 Å². The zero-order valence-electron chi connectivity index (χ0n) is 12.8. The molecule has 25 heavy (non-hydrogen) atoms. The maximum atomic E-state index is 11.5. The number of nitrogens with one attached hydrogen (secondary N) is 2. The highest BCUT2D eigenvalue weighted by atomic mass is 35.5. The van der Waals surface area contributed by atoms with Crippen molar-refractivity contribution in [1.29, 1.82) is 0 Å². The molecule has 2 N–H and O–H groups in total. The number of halogens is 1. The average Bonchev–Trinajstić information content (AvgIpc) is 3.10. The fourth-order valence-corrected chi connectivity index (χ4v) is 3.01. The van der Waals surface area contributed by atoms with Crippen LogP contribution in [0.5, 0.6) is 0 Å². The second-order valence-corrected chi connectivity index (χ2v) is 6.29. The Labute approximate surface area is 152 Å². The number of thiophene rings is 1. The molecule has 3 heterocycles. The van der Waals surface area contributed by atoms with Crippen molar-refractivity contribution in [1.82, 2.24) is 15.0 Å². The van der Waals surface area contributed by atoms with Crippen LogP contribution in [0.1, 0.15) is 4.88 Å². The highest BCUT2D eigenvalue weighted by Crippen LogP contribution is 2.32. The quantitative estimate of drug-likeness (QED) is 0.366. The van der Waals surface area contributed by atoms with Gasteiger partial charge >= 0.3 is 5.69 Å². The Morgan fingerprint density at radius 1 is 1.20 bits per heavy atom. The van der Waals surface area contributed by atoms with Crippen molar-refractivity contribution in [3.63, 3.8) is 0 Å². The molecule has 0 fully saturated rings. The van der Waals surface area contributed by atoms with E-state index in [2.05, 4.69) is 25.6 Å². The van der Waals surface area contributed by atoms with Gasteiger partial charge in [0.2, 0.25) is 11.6 Å². The molecule has 3 aromatic rings. The number of pyridine rings is 1. The number of aromatic nitrogens is 3. The summed E-state index contributed by atoms with van der Waals surface area (Å²) in [6, 6.07) is 7.30. The van der Waals surface area contributed by atoms with Crippen molar-refractivity contribution in [3.05, 3.63) is 62.3 Å². The minimum atomic E-state index is -0.528. The summed E-state index contributed by atoms with van der Waals surface area (Å²) in [5.41, 5.74) is 0.184. The van der Waals surface area contributed by atoms with Crippen LogP contribution in [-0.4, -0.2) is 26.4 Å². The average molecular weight is 377 g/mol. The SMILES string of the molecule is O=[N+]([O-])c1c(NCCc2cccs2)ncnc1Nc1cccnc1Cl. The second kappa shape index (κ2) is 7.86. The highest BCUT2D eigenvalue weighted by Gasteiger charge is 2.23. The Morgan fingerprint density at radius 2 is 2.04 bits per heavy atom. The van der Waals surface area contributed by atoms with Gasteiger partial charge in [0.15, 0.2) is 5.15 Å². The van der Waals surface area contributed by atoms with Crippen molar-refractivity contribution in [2.24, 2.45) is 0 Å². The van der Waals surface area contributed by atoms with Gasteiger partial charge in [-0.05, 0) is 30.0 Å². The van der Waals surface area contributed by atoms with Gasteiger partial charge in [-0.2, -0.15) is 0 Å². The fourth-order valence-electron chi connectivity index (χ4n) is 2.14. The van der Waals surface area contributed by atoms with Crippen LogP contribution in [0, 0.1) is 10.1 Å². The fraction of sp³-hybridized carbons (Fsp3) is 0.133. The second-order valence-electron chi connectivity index (χ2n) is 4.90. The van der Waals surface area contributed by atoms with Gasteiger partial charge in [0.1, 0.15) is 6.33 Å². The molecule has 0 aliphatic rings. The summed E-state index contributed by atoms with van der Waals surface area (Å²) in [6.45, 7) is 0.519. The lowest BCUT2D eigenvalue weighted by molar-refractivity contribution is -0.383. The van der Waals surface area contributed by atoms with Crippen molar-refractivity contribution in [2.75, 3.05) is 17.2 Å². The lowest BCUT2D eigenvalue weighted by Crippen LogP contribution is -2.10. The molecular weight excluding hydrogens is 364 g/mol. The van der Waals surface area contributed by atoms with Crippen LogP contribution in [0.2, 0.25) is 5.15 Å². The van der Waals surface area contributed by atoms with Crippen LogP contribution in [0.4, 0.5) is 23.0 Å². The summed E-state index contributed by atoms with van der Waals surface area (Å²) < 4.78 is 0. The molecule has 0 unspecified atom stereocenters. The molecule has 0 atom stereocenters. The molecule has 0 spiro atoms. The number of hydrogen-bond acceptors (Lipinski definition) is 8. The summed E-state index contributed by atoms with van der Waals surface area (Å²) in [5.74, 6) is 0.201. The van der Waals surface area contributed by atoms with Gasteiger partial charge in [-0.1, -0.05) is 17.7 Å². The van der Waals surface area contributed by atoms with Crippen molar-refractivity contribution in [2.45, 2.75) is 6.42 Å². The Morgan fingerprint density at radius 3 is 2.76 bits per heavy atom. The molecule has 3 rings (SSSR count). The maximum absolute atomic E-state index is 11.5. The monoisotopic (exact) mass is 376 g/mol. The molecule has 10 heteroatoms. The molecule has 0 aromatic carbocycles. The highest BCUT2D eigenvalue weighted by molar-refractivity contribution is 7.09. The summed E-state index contributed by atoms with van der Waals surface area (Å²) in [5, 5.41) is 19.5. The van der Waals surface area contributed by atoms with Gasteiger partial charge < -0.3 is 10.6 Å². The van der Waals surface area contributed by atoms with Crippen LogP contribution in [0.3, 0.4) is 0 Å². The summed E-state index contributed by atoms with van der Waals surface area (Å²) in [4.78, 5) is 24.1. The smallest absolute Gasteiger partial charge is 0.353 e. The van der Waals surface area contributed by atoms with Crippen LogP contribution in [0.15, 0.2) is 42.2 Å². The van der Waals surface area contributed by atoms with E-state index < -0.39 is 4.92 Å². The zero-order chi connectivity index (χ0) is 17.6. The molecule has 3 aromatic heterocycles. The van der Waals surface area contributed by atoms with E-state index in [0.717, 1.165) is 6.42 Å². The van der Waals surface area contributed by atoms with E-state index >= 15 is 0 Å². The van der Waals surface area contributed by atoms with E-state index in [1.54, 1.807) is 23.5 Å². The molecule has 0 aliphatic carbocycles. The molecule has 0 amide bonds. The van der Waals surface area contributed by atoms with Crippen molar-refractivity contribution >= 4 is 45.9 Å². The lowest BCUT2D eigenvalue weighted by atomic mass is 10.3. The Hall–Kier alpha value is -2.78. The molecule has 0 radical (unpaired) electrons. The van der Waals surface area contributed by atoms with E-state index in [9.17, 15) is 10.1 Å². The Bertz CT molecular complexity index is 874. The first-order valence-electron chi connectivity index (χ1n) is 7.28. The van der Waals surface area contributed by atoms with Crippen molar-refractivity contribution < 1.29 is 4.92 Å². The summed E-state index contributed by atoms with van der Waals surface area (Å²) in [6.07, 6.45) is 3.53. The van der Waals surface area contributed by atoms with Gasteiger partial charge in [-0.15, -0.1) is 11.3 Å². The first-order valence-corrected chi connectivity index (χ1v) is 8.54. The first-order chi connectivity index (χ1) is 12.1. The van der Waals surface area contributed by atoms with Gasteiger partial charge in [0, 0.05) is 17.6 Å². The standard InChI is InChI=1S/C15H13ClN6O2S/c16-13-11(4-1-6-17-13)21-15-12(22(23)24)14(19-9-20-15)18-7-5-10-3-2-8-25-10/h1-4,6,8-9H,5,7H2,(H2,18,19,20,21). The van der Waals surface area contributed by atoms with E-state index in [1.165, 1.54) is 17.4 Å². The van der Waals surface area contributed by atoms with Gasteiger partial charge in [0.25, 0.3) is 0 Å². The molecule has 8 nitrogen and oxygen atoms in total. The van der Waals surface area contributed by atoms with E-state index in [1.807, 2.05) is 17.5 Å². The molecule has 0 saturated carbocycles. The number of rotatable bonds is 7. The van der Waals surface area contributed by atoms with Crippen LogP contribution in [0.25, 0.3) is 0 Å². The third-order valence-corrected chi connectivity index (χ3v) is 4.50. The number of nitrogens with zero attached hydrogens (tertiary/aromatic N) is 4. The van der Waals surface area contributed by atoms with Crippen molar-refractivity contribution in [3.8, 4) is 0 Å². The molecule has 0 saturated heterocycles. The molecule has 128 valence electrons. The number of nitro groups is 1. The Kier molecular flexibility index (Phi) is 5.36. The molecule has 0 aliphatic heterocycles. The maximum Gasteiger partial charge on any atom is 0.353 e. The third-order valence-electron chi connectivity index (χ3n) is 3.26. The van der Waals surface area contributed by atoms with E-state index in [-0.39, 0.29) is 22.5 Å². The van der Waals surface area contributed by atoms with E-state index in [4.69, 9.17) is 11.6 Å². The molecular formula is C15H13ClN6O2S. The first kappa shape index (κ1) is 17.1. The van der Waals surface area contributed by atoms with Crippen LogP contribution < -0.4 is 10.6 Å². The van der Waals surface area contributed by atoms with Crippen LogP contribution >= 0.6 is 22.9 Å². The predicted octanol–water partition coefficient (Wildman–Crippen LogP) is 3.89. The van der Waals surface area contributed by atoms with E-state index in [0.29, 0.717) is 12.2 Å². The topological polar surface area (TPSA) is 106 Å². The van der Waals surface area contributed by atoms with Gasteiger partial charge in [-0.25, -0.2) is 15.0 Å². The number of anilines is 3. The largest absolute Gasteiger partial charge is 0.364 e. The minimum Gasteiger partial charge on any atom is -0.364 e. The summed E-state index contributed by atoms with van der Waals surface area (Å²) in [7, 11) is 0. The predicted molar refractivity (Wildman–Crippen MR) is 97.7 cm³/mol. The molecule has 0 bridgehead atoms. The van der Waals surface area contributed by atoms with Gasteiger partial charge in [0.05, 0.1) is 10.6 Å². The normalized spacial score (nSPS) is 10.4. The third kappa shape index (κ3) is 4.20. The Balaban J connectivity index is 1.81. The number of hydrogen-bond donors (Lipinski definition) is 2. The summed E-state index contributed by atoms with van der Waals surface area (Å²) >= 11 is 7.62. The zero-order valence-corrected chi connectivity index (χ0v) is 14.4.